The summed E-state index contributed by atoms with van der Waals surface area (Å²) >= 11 is 0. The molecule has 0 radical (unpaired) electrons. The van der Waals surface area contributed by atoms with Crippen LogP contribution in [0.5, 0.6) is 0 Å². The summed E-state index contributed by atoms with van der Waals surface area (Å²) in [5.41, 5.74) is 0. The molecule has 110 valence electrons. The van der Waals surface area contributed by atoms with E-state index < -0.39 is 0 Å². The fraction of sp³-hybridized carbons (Fsp3) is 0.933. The van der Waals surface area contributed by atoms with Crippen LogP contribution in [0.3, 0.4) is 0 Å². The SMILES string of the molecule is CC(=O)N1CCCN(CC(O)CC2CCCC2)CC1. The lowest BCUT2D eigenvalue weighted by molar-refractivity contribution is -0.128. The van der Waals surface area contributed by atoms with Crippen LogP contribution >= 0.6 is 0 Å². The minimum Gasteiger partial charge on any atom is -0.392 e. The number of aliphatic hydroxyl groups is 1. The van der Waals surface area contributed by atoms with Gasteiger partial charge in [0.25, 0.3) is 0 Å². The van der Waals surface area contributed by atoms with Crippen molar-refractivity contribution in [2.24, 2.45) is 5.92 Å². The molecule has 2 rings (SSSR count). The summed E-state index contributed by atoms with van der Waals surface area (Å²) in [5.74, 6) is 0.920. The molecule has 1 atom stereocenters. The molecule has 0 aromatic heterocycles. The lowest BCUT2D eigenvalue weighted by atomic mass is 10.00. The van der Waals surface area contributed by atoms with Crippen molar-refractivity contribution in [2.75, 3.05) is 32.7 Å². The normalized spacial score (nSPS) is 24.4. The molecule has 4 heteroatoms. The fourth-order valence-electron chi connectivity index (χ4n) is 3.47. The van der Waals surface area contributed by atoms with Crippen LogP contribution in [0.1, 0.15) is 45.4 Å². The van der Waals surface area contributed by atoms with Crippen LogP contribution in [-0.4, -0.2) is 59.6 Å². The van der Waals surface area contributed by atoms with Crippen LogP contribution in [0, 0.1) is 5.92 Å². The highest BCUT2D eigenvalue weighted by atomic mass is 16.3. The number of hydrogen-bond acceptors (Lipinski definition) is 3. The van der Waals surface area contributed by atoms with Gasteiger partial charge in [0, 0.05) is 33.1 Å². The van der Waals surface area contributed by atoms with Gasteiger partial charge in [0.2, 0.25) is 5.91 Å². The van der Waals surface area contributed by atoms with Gasteiger partial charge in [0.05, 0.1) is 6.10 Å². The molecular weight excluding hydrogens is 240 g/mol. The van der Waals surface area contributed by atoms with E-state index in [1.807, 2.05) is 4.90 Å². The summed E-state index contributed by atoms with van der Waals surface area (Å²) in [6.45, 7) is 6.01. The summed E-state index contributed by atoms with van der Waals surface area (Å²) in [4.78, 5) is 15.6. The summed E-state index contributed by atoms with van der Waals surface area (Å²) in [6.07, 6.45) is 7.09. The van der Waals surface area contributed by atoms with E-state index in [1.54, 1.807) is 6.92 Å². The number of carbonyl (C=O) groups excluding carboxylic acids is 1. The zero-order valence-corrected chi connectivity index (χ0v) is 12.2. The first-order valence-corrected chi connectivity index (χ1v) is 7.81. The van der Waals surface area contributed by atoms with E-state index >= 15 is 0 Å². The second-order valence-electron chi connectivity index (χ2n) is 6.20. The Morgan fingerprint density at radius 1 is 1.16 bits per heavy atom. The maximum atomic E-state index is 11.4. The molecule has 2 aliphatic rings. The van der Waals surface area contributed by atoms with Crippen LogP contribution in [-0.2, 0) is 4.79 Å². The van der Waals surface area contributed by atoms with E-state index in [0.29, 0.717) is 0 Å². The predicted molar refractivity (Wildman–Crippen MR) is 75.9 cm³/mol. The van der Waals surface area contributed by atoms with Crippen LogP contribution in [0.2, 0.25) is 0 Å². The van der Waals surface area contributed by atoms with Gasteiger partial charge >= 0.3 is 0 Å². The number of hydrogen-bond donors (Lipinski definition) is 1. The van der Waals surface area contributed by atoms with Crippen molar-refractivity contribution in [1.82, 2.24) is 9.80 Å². The predicted octanol–water partition coefficient (Wildman–Crippen LogP) is 1.48. The van der Waals surface area contributed by atoms with E-state index in [4.69, 9.17) is 0 Å². The van der Waals surface area contributed by atoms with Gasteiger partial charge in [-0.2, -0.15) is 0 Å². The molecule has 0 aromatic rings. The van der Waals surface area contributed by atoms with Crippen molar-refractivity contribution in [3.63, 3.8) is 0 Å². The van der Waals surface area contributed by atoms with Crippen LogP contribution in [0.15, 0.2) is 0 Å². The van der Waals surface area contributed by atoms with Gasteiger partial charge in [-0.05, 0) is 25.3 Å². The molecule has 1 aliphatic heterocycles. The summed E-state index contributed by atoms with van der Waals surface area (Å²) in [7, 11) is 0. The smallest absolute Gasteiger partial charge is 0.219 e. The van der Waals surface area contributed by atoms with E-state index in [-0.39, 0.29) is 12.0 Å². The molecule has 0 aromatic carbocycles. The number of nitrogens with zero attached hydrogens (tertiary/aromatic N) is 2. The molecule has 1 aliphatic carbocycles. The maximum absolute atomic E-state index is 11.4. The molecule has 1 N–H and O–H groups in total. The Balaban J connectivity index is 1.71. The first kappa shape index (κ1) is 14.8. The largest absolute Gasteiger partial charge is 0.392 e. The lowest BCUT2D eigenvalue weighted by Crippen LogP contribution is -2.37. The average molecular weight is 268 g/mol. The first-order chi connectivity index (χ1) is 9.15. The molecule has 19 heavy (non-hydrogen) atoms. The third-order valence-corrected chi connectivity index (χ3v) is 4.58. The number of carbonyl (C=O) groups is 1. The second-order valence-corrected chi connectivity index (χ2v) is 6.20. The molecule has 1 unspecified atom stereocenters. The van der Waals surface area contributed by atoms with Crippen LogP contribution < -0.4 is 0 Å². The molecule has 0 bridgehead atoms. The van der Waals surface area contributed by atoms with Crippen LogP contribution in [0.4, 0.5) is 0 Å². The second kappa shape index (κ2) is 7.25. The maximum Gasteiger partial charge on any atom is 0.219 e. The third-order valence-electron chi connectivity index (χ3n) is 4.58. The Kier molecular flexibility index (Phi) is 5.64. The Bertz CT molecular complexity index is 290. The van der Waals surface area contributed by atoms with Crippen molar-refractivity contribution in [3.05, 3.63) is 0 Å². The highest BCUT2D eigenvalue weighted by molar-refractivity contribution is 5.73. The standard InChI is InChI=1S/C15H28N2O2/c1-13(18)17-8-4-7-16(9-10-17)12-15(19)11-14-5-2-3-6-14/h14-15,19H,2-12H2,1H3. The first-order valence-electron chi connectivity index (χ1n) is 7.81. The van der Waals surface area contributed by atoms with Gasteiger partial charge in [0.15, 0.2) is 0 Å². The van der Waals surface area contributed by atoms with Gasteiger partial charge in [-0.3, -0.25) is 9.69 Å². The van der Waals surface area contributed by atoms with Crippen molar-refractivity contribution >= 4 is 5.91 Å². The number of β-amino-alcohol motifs (C(OH)–C–C–N with tert-alkyl or cyclic N) is 1. The van der Waals surface area contributed by atoms with Gasteiger partial charge in [0.1, 0.15) is 0 Å². The molecule has 1 saturated heterocycles. The summed E-state index contributed by atoms with van der Waals surface area (Å²) < 4.78 is 0. The van der Waals surface area contributed by atoms with E-state index in [9.17, 15) is 9.90 Å². The highest BCUT2D eigenvalue weighted by Crippen LogP contribution is 2.28. The average Bonchev–Trinajstić information content (AvgIpc) is 2.73. The van der Waals surface area contributed by atoms with Crippen LogP contribution in [0.25, 0.3) is 0 Å². The molecule has 0 spiro atoms. The van der Waals surface area contributed by atoms with E-state index in [0.717, 1.165) is 51.5 Å². The number of rotatable bonds is 4. The van der Waals surface area contributed by atoms with Crippen molar-refractivity contribution in [1.29, 1.82) is 0 Å². The quantitative estimate of drug-likeness (QED) is 0.840. The monoisotopic (exact) mass is 268 g/mol. The summed E-state index contributed by atoms with van der Waals surface area (Å²) in [6, 6.07) is 0. The molecule has 4 nitrogen and oxygen atoms in total. The van der Waals surface area contributed by atoms with E-state index in [2.05, 4.69) is 4.90 Å². The van der Waals surface area contributed by atoms with Crippen molar-refractivity contribution in [3.8, 4) is 0 Å². The van der Waals surface area contributed by atoms with Crippen molar-refractivity contribution < 1.29 is 9.90 Å². The molecular formula is C15H28N2O2. The van der Waals surface area contributed by atoms with Crippen molar-refractivity contribution in [2.45, 2.75) is 51.6 Å². The Hall–Kier alpha value is -0.610. The van der Waals surface area contributed by atoms with Gasteiger partial charge in [-0.15, -0.1) is 0 Å². The topological polar surface area (TPSA) is 43.8 Å². The van der Waals surface area contributed by atoms with Gasteiger partial charge in [-0.25, -0.2) is 0 Å². The van der Waals surface area contributed by atoms with Gasteiger partial charge in [-0.1, -0.05) is 25.7 Å². The Morgan fingerprint density at radius 3 is 2.58 bits per heavy atom. The molecule has 1 amide bonds. The number of aliphatic hydroxyl groups excluding tert-OH is 1. The molecule has 1 saturated carbocycles. The third kappa shape index (κ3) is 4.77. The van der Waals surface area contributed by atoms with E-state index in [1.165, 1.54) is 25.7 Å². The van der Waals surface area contributed by atoms with Gasteiger partial charge < -0.3 is 10.0 Å². The Morgan fingerprint density at radius 2 is 1.89 bits per heavy atom. The fourth-order valence-corrected chi connectivity index (χ4v) is 3.47. The lowest BCUT2D eigenvalue weighted by Gasteiger charge is -2.25. The highest BCUT2D eigenvalue weighted by Gasteiger charge is 2.22. The molecule has 1 heterocycles. The molecule has 2 fully saturated rings. The Labute approximate surface area is 116 Å². The zero-order valence-electron chi connectivity index (χ0n) is 12.2. The summed E-state index contributed by atoms with van der Waals surface area (Å²) in [5, 5.41) is 10.2. The minimum absolute atomic E-state index is 0.174. The zero-order chi connectivity index (χ0) is 13.7. The minimum atomic E-state index is -0.188. The number of amides is 1.